The molecule has 3 rings (SSSR count). The maximum absolute atomic E-state index is 12.1. The molecule has 2 N–H and O–H groups in total. The van der Waals surface area contributed by atoms with Crippen LogP contribution < -0.4 is 5.32 Å². The summed E-state index contributed by atoms with van der Waals surface area (Å²) >= 11 is 6.02. The summed E-state index contributed by atoms with van der Waals surface area (Å²) in [7, 11) is 0. The SMILES string of the molecule is O=C(NCC(O)c1ccccc1Cl)c1ccnc(C2CC2)n1. The van der Waals surface area contributed by atoms with E-state index in [0.29, 0.717) is 22.2 Å². The number of aromatic nitrogens is 2. The molecule has 2 aromatic rings. The van der Waals surface area contributed by atoms with Gasteiger partial charge in [0.15, 0.2) is 0 Å². The van der Waals surface area contributed by atoms with Crippen molar-refractivity contribution < 1.29 is 9.90 Å². The molecule has 6 heteroatoms. The largest absolute Gasteiger partial charge is 0.387 e. The van der Waals surface area contributed by atoms with Crippen LogP contribution in [0.15, 0.2) is 36.5 Å². The van der Waals surface area contributed by atoms with Gasteiger partial charge in [-0.2, -0.15) is 0 Å². The van der Waals surface area contributed by atoms with Crippen molar-refractivity contribution in [3.05, 3.63) is 58.6 Å². The average Bonchev–Trinajstić information content (AvgIpc) is 3.38. The molecular weight excluding hydrogens is 302 g/mol. The third-order valence-electron chi connectivity index (χ3n) is 3.57. The number of benzene rings is 1. The first-order chi connectivity index (χ1) is 10.6. The molecule has 1 aliphatic carbocycles. The first kappa shape index (κ1) is 14.9. The highest BCUT2D eigenvalue weighted by Gasteiger charge is 2.27. The van der Waals surface area contributed by atoms with Gasteiger partial charge < -0.3 is 10.4 Å². The smallest absolute Gasteiger partial charge is 0.270 e. The summed E-state index contributed by atoms with van der Waals surface area (Å²) < 4.78 is 0. The second-order valence-electron chi connectivity index (χ2n) is 5.32. The molecule has 1 saturated carbocycles. The quantitative estimate of drug-likeness (QED) is 0.888. The Hall–Kier alpha value is -1.98. The summed E-state index contributed by atoms with van der Waals surface area (Å²) in [5.41, 5.74) is 0.911. The molecule has 1 unspecified atom stereocenters. The van der Waals surface area contributed by atoms with E-state index in [9.17, 15) is 9.90 Å². The summed E-state index contributed by atoms with van der Waals surface area (Å²) in [6.07, 6.45) is 2.90. The van der Waals surface area contributed by atoms with Gasteiger partial charge in [0.05, 0.1) is 6.10 Å². The van der Waals surface area contributed by atoms with Gasteiger partial charge in [-0.15, -0.1) is 0 Å². The van der Waals surface area contributed by atoms with E-state index in [1.54, 1.807) is 36.5 Å². The molecule has 1 aromatic carbocycles. The van der Waals surface area contributed by atoms with Gasteiger partial charge in [-0.05, 0) is 25.0 Å². The molecule has 1 amide bonds. The number of hydrogen-bond donors (Lipinski definition) is 2. The van der Waals surface area contributed by atoms with Crippen molar-refractivity contribution in [2.24, 2.45) is 0 Å². The molecule has 0 saturated heterocycles. The number of nitrogens with one attached hydrogen (secondary N) is 1. The highest BCUT2D eigenvalue weighted by molar-refractivity contribution is 6.31. The Labute approximate surface area is 133 Å². The van der Waals surface area contributed by atoms with E-state index in [1.165, 1.54) is 0 Å². The van der Waals surface area contributed by atoms with Crippen molar-refractivity contribution in [2.45, 2.75) is 24.9 Å². The van der Waals surface area contributed by atoms with E-state index in [2.05, 4.69) is 15.3 Å². The molecule has 5 nitrogen and oxygen atoms in total. The summed E-state index contributed by atoms with van der Waals surface area (Å²) in [5, 5.41) is 13.3. The Morgan fingerprint density at radius 1 is 1.36 bits per heavy atom. The van der Waals surface area contributed by atoms with Crippen molar-refractivity contribution in [1.29, 1.82) is 0 Å². The molecule has 114 valence electrons. The van der Waals surface area contributed by atoms with Crippen LogP contribution in [-0.2, 0) is 0 Å². The van der Waals surface area contributed by atoms with Gasteiger partial charge in [-0.25, -0.2) is 9.97 Å². The van der Waals surface area contributed by atoms with Crippen molar-refractivity contribution >= 4 is 17.5 Å². The van der Waals surface area contributed by atoms with E-state index in [1.807, 2.05) is 0 Å². The number of halogens is 1. The molecule has 1 aliphatic rings. The standard InChI is InChI=1S/C16H16ClN3O2/c17-12-4-2-1-3-11(12)14(21)9-19-16(22)13-7-8-18-15(20-13)10-5-6-10/h1-4,7-8,10,14,21H,5-6,9H2,(H,19,22). The van der Waals surface area contributed by atoms with E-state index >= 15 is 0 Å². The molecule has 1 fully saturated rings. The van der Waals surface area contributed by atoms with Crippen LogP contribution in [0.1, 0.15) is 46.7 Å². The zero-order valence-electron chi connectivity index (χ0n) is 11.9. The molecule has 1 heterocycles. The first-order valence-electron chi connectivity index (χ1n) is 7.19. The Morgan fingerprint density at radius 3 is 2.86 bits per heavy atom. The maximum Gasteiger partial charge on any atom is 0.270 e. The lowest BCUT2D eigenvalue weighted by atomic mass is 10.1. The number of aliphatic hydroxyl groups excluding tert-OH is 1. The van der Waals surface area contributed by atoms with Gasteiger partial charge in [0.1, 0.15) is 11.5 Å². The predicted molar refractivity (Wildman–Crippen MR) is 82.8 cm³/mol. The Morgan fingerprint density at radius 2 is 2.14 bits per heavy atom. The first-order valence-corrected chi connectivity index (χ1v) is 7.56. The lowest BCUT2D eigenvalue weighted by Crippen LogP contribution is -2.29. The number of aliphatic hydroxyl groups is 1. The minimum Gasteiger partial charge on any atom is -0.387 e. The number of rotatable bonds is 5. The molecule has 1 atom stereocenters. The normalized spacial score (nSPS) is 15.4. The molecular formula is C16H16ClN3O2. The topological polar surface area (TPSA) is 75.1 Å². The summed E-state index contributed by atoms with van der Waals surface area (Å²) in [5.74, 6) is 0.788. The van der Waals surface area contributed by atoms with Gasteiger partial charge >= 0.3 is 0 Å². The molecule has 0 radical (unpaired) electrons. The van der Waals surface area contributed by atoms with Crippen molar-refractivity contribution in [1.82, 2.24) is 15.3 Å². The molecule has 22 heavy (non-hydrogen) atoms. The number of carbonyl (C=O) groups excluding carboxylic acids is 1. The highest BCUT2D eigenvalue weighted by Crippen LogP contribution is 2.37. The van der Waals surface area contributed by atoms with Crippen LogP contribution in [-0.4, -0.2) is 27.5 Å². The monoisotopic (exact) mass is 317 g/mol. The Kier molecular flexibility index (Phi) is 4.36. The molecule has 0 bridgehead atoms. The van der Waals surface area contributed by atoms with Gasteiger partial charge in [-0.1, -0.05) is 29.8 Å². The van der Waals surface area contributed by atoms with E-state index in [-0.39, 0.29) is 12.5 Å². The minimum atomic E-state index is -0.859. The van der Waals surface area contributed by atoms with Crippen LogP contribution in [0, 0.1) is 0 Å². The van der Waals surface area contributed by atoms with Crippen LogP contribution >= 0.6 is 11.6 Å². The van der Waals surface area contributed by atoms with Crippen molar-refractivity contribution in [3.63, 3.8) is 0 Å². The van der Waals surface area contributed by atoms with E-state index < -0.39 is 6.10 Å². The zero-order chi connectivity index (χ0) is 15.5. The third-order valence-corrected chi connectivity index (χ3v) is 3.91. The van der Waals surface area contributed by atoms with Crippen LogP contribution in [0.4, 0.5) is 0 Å². The van der Waals surface area contributed by atoms with E-state index in [0.717, 1.165) is 18.7 Å². The predicted octanol–water partition coefficient (Wildman–Crippen LogP) is 2.47. The number of nitrogens with zero attached hydrogens (tertiary/aromatic N) is 2. The molecule has 0 aliphatic heterocycles. The summed E-state index contributed by atoms with van der Waals surface area (Å²) in [6.45, 7) is 0.0747. The Balaban J connectivity index is 1.62. The highest BCUT2D eigenvalue weighted by atomic mass is 35.5. The van der Waals surface area contributed by atoms with Crippen LogP contribution in [0.25, 0.3) is 0 Å². The maximum atomic E-state index is 12.1. The van der Waals surface area contributed by atoms with Gasteiger partial charge in [-0.3, -0.25) is 4.79 Å². The van der Waals surface area contributed by atoms with E-state index in [4.69, 9.17) is 11.6 Å². The average molecular weight is 318 g/mol. The van der Waals surface area contributed by atoms with Crippen LogP contribution in [0.2, 0.25) is 5.02 Å². The Bertz CT molecular complexity index is 689. The second kappa shape index (κ2) is 6.42. The fraction of sp³-hybridized carbons (Fsp3) is 0.312. The lowest BCUT2D eigenvalue weighted by molar-refractivity contribution is 0.0911. The van der Waals surface area contributed by atoms with Gasteiger partial charge in [0.25, 0.3) is 5.91 Å². The fourth-order valence-electron chi connectivity index (χ4n) is 2.17. The minimum absolute atomic E-state index is 0.0747. The molecule has 0 spiro atoms. The van der Waals surface area contributed by atoms with Gasteiger partial charge in [0.2, 0.25) is 0 Å². The number of amides is 1. The fourth-order valence-corrected chi connectivity index (χ4v) is 2.44. The second-order valence-corrected chi connectivity index (χ2v) is 5.73. The zero-order valence-corrected chi connectivity index (χ0v) is 12.6. The van der Waals surface area contributed by atoms with Crippen LogP contribution in [0.5, 0.6) is 0 Å². The third kappa shape index (κ3) is 3.43. The number of carbonyl (C=O) groups is 1. The van der Waals surface area contributed by atoms with Crippen molar-refractivity contribution in [3.8, 4) is 0 Å². The van der Waals surface area contributed by atoms with Crippen LogP contribution in [0.3, 0.4) is 0 Å². The number of hydrogen-bond acceptors (Lipinski definition) is 4. The summed E-state index contributed by atoms with van der Waals surface area (Å²) in [4.78, 5) is 20.6. The van der Waals surface area contributed by atoms with Crippen molar-refractivity contribution in [2.75, 3.05) is 6.54 Å². The molecule has 1 aromatic heterocycles. The summed E-state index contributed by atoms with van der Waals surface area (Å²) in [6, 6.07) is 8.59. The van der Waals surface area contributed by atoms with Gasteiger partial charge in [0, 0.05) is 29.2 Å². The lowest BCUT2D eigenvalue weighted by Gasteiger charge is -2.13.